The van der Waals surface area contributed by atoms with Crippen LogP contribution in [0.15, 0.2) is 0 Å². The van der Waals surface area contributed by atoms with E-state index in [4.69, 9.17) is 4.74 Å². The Morgan fingerprint density at radius 3 is 2.59 bits per heavy atom. The molecule has 1 heterocycles. The molecule has 124 valence electrons. The van der Waals surface area contributed by atoms with Gasteiger partial charge in [0.15, 0.2) is 0 Å². The Morgan fingerprint density at radius 1 is 1.09 bits per heavy atom. The van der Waals surface area contributed by atoms with Crippen LogP contribution in [-0.2, 0) is 9.53 Å². The van der Waals surface area contributed by atoms with Crippen LogP contribution < -0.4 is 0 Å². The van der Waals surface area contributed by atoms with Crippen LogP contribution in [0.4, 0.5) is 0 Å². The predicted octanol–water partition coefficient (Wildman–Crippen LogP) is 4.96. The standard InChI is InChI=1S/C20H32O2/c1-13(2)14-8-11-19(4)15(12-14)6-7-16-18(3)9-5-10-20(16,19)22-17(18)21/h13-16H,5-12H2,1-4H3/t14?,15?,16?,18-,19-,20+/m1/s1. The highest BCUT2D eigenvalue weighted by Crippen LogP contribution is 2.70. The molecule has 6 atom stereocenters. The molecule has 0 aromatic heterocycles. The zero-order valence-electron chi connectivity index (χ0n) is 14.8. The van der Waals surface area contributed by atoms with Gasteiger partial charge in [-0.05, 0) is 76.0 Å². The topological polar surface area (TPSA) is 26.3 Å². The summed E-state index contributed by atoms with van der Waals surface area (Å²) in [5.41, 5.74) is -0.0712. The first-order valence-electron chi connectivity index (χ1n) is 9.57. The number of rotatable bonds is 1. The Balaban J connectivity index is 1.72. The lowest BCUT2D eigenvalue weighted by molar-refractivity contribution is -0.201. The Morgan fingerprint density at radius 2 is 1.86 bits per heavy atom. The van der Waals surface area contributed by atoms with E-state index in [2.05, 4.69) is 27.7 Å². The first-order chi connectivity index (χ1) is 10.3. The van der Waals surface area contributed by atoms with E-state index in [1.54, 1.807) is 0 Å². The van der Waals surface area contributed by atoms with Crippen molar-refractivity contribution in [2.24, 2.45) is 34.5 Å². The summed E-state index contributed by atoms with van der Waals surface area (Å²) >= 11 is 0. The van der Waals surface area contributed by atoms with Gasteiger partial charge in [0.2, 0.25) is 0 Å². The Kier molecular flexibility index (Phi) is 3.08. The van der Waals surface area contributed by atoms with Crippen LogP contribution in [-0.4, -0.2) is 11.6 Å². The molecule has 0 N–H and O–H groups in total. The number of ether oxygens (including phenoxy) is 1. The molecule has 22 heavy (non-hydrogen) atoms. The minimum atomic E-state index is -0.179. The second-order valence-electron chi connectivity index (χ2n) is 9.57. The van der Waals surface area contributed by atoms with Crippen molar-refractivity contribution < 1.29 is 9.53 Å². The molecule has 2 bridgehead atoms. The van der Waals surface area contributed by atoms with Gasteiger partial charge in [0, 0.05) is 11.3 Å². The van der Waals surface area contributed by atoms with Gasteiger partial charge < -0.3 is 4.74 Å². The summed E-state index contributed by atoms with van der Waals surface area (Å²) in [5, 5.41) is 0. The third-order valence-corrected chi connectivity index (χ3v) is 8.55. The van der Waals surface area contributed by atoms with E-state index < -0.39 is 0 Å². The Bertz CT molecular complexity index is 498. The molecule has 0 radical (unpaired) electrons. The summed E-state index contributed by atoms with van der Waals surface area (Å²) in [6.45, 7) is 9.43. The monoisotopic (exact) mass is 304 g/mol. The zero-order valence-corrected chi connectivity index (χ0v) is 14.8. The van der Waals surface area contributed by atoms with Crippen molar-refractivity contribution in [1.82, 2.24) is 0 Å². The fourth-order valence-electron chi connectivity index (χ4n) is 6.98. The van der Waals surface area contributed by atoms with Crippen LogP contribution in [0.2, 0.25) is 0 Å². The molecule has 2 heteroatoms. The van der Waals surface area contributed by atoms with E-state index in [1.807, 2.05) is 0 Å². The van der Waals surface area contributed by atoms with Crippen molar-refractivity contribution in [3.63, 3.8) is 0 Å². The summed E-state index contributed by atoms with van der Waals surface area (Å²) in [6, 6.07) is 0. The highest BCUT2D eigenvalue weighted by molar-refractivity contribution is 5.81. The van der Waals surface area contributed by atoms with Gasteiger partial charge in [-0.25, -0.2) is 0 Å². The maximum Gasteiger partial charge on any atom is 0.312 e. The number of hydrogen-bond donors (Lipinski definition) is 0. The van der Waals surface area contributed by atoms with Crippen molar-refractivity contribution >= 4 is 5.97 Å². The van der Waals surface area contributed by atoms with Crippen molar-refractivity contribution in [3.05, 3.63) is 0 Å². The largest absolute Gasteiger partial charge is 0.458 e. The molecule has 2 nitrogen and oxygen atoms in total. The molecule has 3 saturated carbocycles. The summed E-state index contributed by atoms with van der Waals surface area (Å²) < 4.78 is 6.31. The van der Waals surface area contributed by atoms with Crippen LogP contribution in [0.3, 0.4) is 0 Å². The lowest BCUT2D eigenvalue weighted by Crippen LogP contribution is -2.62. The van der Waals surface area contributed by atoms with Gasteiger partial charge in [-0.1, -0.05) is 20.8 Å². The van der Waals surface area contributed by atoms with Crippen LogP contribution in [0.1, 0.15) is 79.1 Å². The second kappa shape index (κ2) is 4.51. The molecule has 0 aromatic carbocycles. The normalized spacial score (nSPS) is 53.9. The minimum Gasteiger partial charge on any atom is -0.458 e. The zero-order chi connectivity index (χ0) is 15.8. The molecular formula is C20H32O2. The number of carbonyl (C=O) groups is 1. The first kappa shape index (κ1) is 15.0. The molecule has 1 saturated heterocycles. The van der Waals surface area contributed by atoms with Crippen molar-refractivity contribution in [3.8, 4) is 0 Å². The van der Waals surface area contributed by atoms with Gasteiger partial charge >= 0.3 is 5.97 Å². The molecule has 0 spiro atoms. The lowest BCUT2D eigenvalue weighted by Gasteiger charge is -2.61. The van der Waals surface area contributed by atoms with Crippen molar-refractivity contribution in [2.75, 3.05) is 0 Å². The molecule has 0 aromatic rings. The van der Waals surface area contributed by atoms with Crippen LogP contribution in [0.5, 0.6) is 0 Å². The summed E-state index contributed by atoms with van der Waals surface area (Å²) in [6.07, 6.45) is 9.83. The average Bonchev–Trinajstić information content (AvgIpc) is 2.59. The molecule has 4 aliphatic rings. The quantitative estimate of drug-likeness (QED) is 0.640. The Labute approximate surface area is 135 Å². The predicted molar refractivity (Wildman–Crippen MR) is 87.3 cm³/mol. The van der Waals surface area contributed by atoms with Gasteiger partial charge in [0.1, 0.15) is 5.60 Å². The molecule has 4 rings (SSSR count). The third-order valence-electron chi connectivity index (χ3n) is 8.55. The van der Waals surface area contributed by atoms with Crippen molar-refractivity contribution in [2.45, 2.75) is 84.7 Å². The molecular weight excluding hydrogens is 272 g/mol. The van der Waals surface area contributed by atoms with Gasteiger partial charge in [0.25, 0.3) is 0 Å². The van der Waals surface area contributed by atoms with E-state index in [1.165, 1.54) is 38.5 Å². The number of fused-ring (bicyclic) bond motifs is 1. The molecule has 0 amide bonds. The average molecular weight is 304 g/mol. The number of esters is 1. The van der Waals surface area contributed by atoms with Crippen LogP contribution >= 0.6 is 0 Å². The summed E-state index contributed by atoms with van der Waals surface area (Å²) in [5.74, 6) is 3.04. The molecule has 3 unspecified atom stereocenters. The maximum absolute atomic E-state index is 12.7. The smallest absolute Gasteiger partial charge is 0.312 e. The maximum atomic E-state index is 12.7. The first-order valence-corrected chi connectivity index (χ1v) is 9.57. The lowest BCUT2D eigenvalue weighted by atomic mass is 9.43. The van der Waals surface area contributed by atoms with Gasteiger partial charge in [0.05, 0.1) is 5.41 Å². The summed E-state index contributed by atoms with van der Waals surface area (Å²) in [4.78, 5) is 12.7. The second-order valence-corrected chi connectivity index (χ2v) is 9.57. The van der Waals surface area contributed by atoms with Crippen LogP contribution in [0, 0.1) is 34.5 Å². The van der Waals surface area contributed by atoms with E-state index in [0.717, 1.165) is 30.6 Å². The highest BCUT2D eigenvalue weighted by atomic mass is 16.6. The van der Waals surface area contributed by atoms with E-state index in [0.29, 0.717) is 5.92 Å². The van der Waals surface area contributed by atoms with Gasteiger partial charge in [-0.3, -0.25) is 4.79 Å². The van der Waals surface area contributed by atoms with Crippen molar-refractivity contribution in [1.29, 1.82) is 0 Å². The SMILES string of the molecule is CC(C)C1CC[C@]2(C)C(CCC3[C@@]4(C)CCC[C@]32OC4=O)C1. The fourth-order valence-corrected chi connectivity index (χ4v) is 6.98. The van der Waals surface area contributed by atoms with Gasteiger partial charge in [-0.15, -0.1) is 0 Å². The summed E-state index contributed by atoms with van der Waals surface area (Å²) in [7, 11) is 0. The van der Waals surface area contributed by atoms with Gasteiger partial charge in [-0.2, -0.15) is 0 Å². The van der Waals surface area contributed by atoms with Crippen LogP contribution in [0.25, 0.3) is 0 Å². The van der Waals surface area contributed by atoms with E-state index in [-0.39, 0.29) is 22.4 Å². The number of carbonyl (C=O) groups excluding carboxylic acids is 1. The van der Waals surface area contributed by atoms with E-state index in [9.17, 15) is 4.79 Å². The Hall–Kier alpha value is -0.530. The fraction of sp³-hybridized carbons (Fsp3) is 0.950. The highest BCUT2D eigenvalue weighted by Gasteiger charge is 2.73. The molecule has 4 fully saturated rings. The number of hydrogen-bond acceptors (Lipinski definition) is 2. The molecule has 1 aliphatic heterocycles. The molecule has 3 aliphatic carbocycles. The van der Waals surface area contributed by atoms with E-state index >= 15 is 0 Å². The minimum absolute atomic E-state index is 0.123. The third kappa shape index (κ3) is 1.60.